The van der Waals surface area contributed by atoms with Crippen molar-refractivity contribution in [1.29, 1.82) is 5.26 Å². The molecule has 0 unspecified atom stereocenters. The first kappa shape index (κ1) is 14.7. The summed E-state index contributed by atoms with van der Waals surface area (Å²) < 4.78 is 0. The first-order chi connectivity index (χ1) is 9.13. The van der Waals surface area contributed by atoms with Gasteiger partial charge in [0, 0.05) is 5.69 Å². The van der Waals surface area contributed by atoms with E-state index in [9.17, 15) is 9.59 Å². The van der Waals surface area contributed by atoms with Crippen LogP contribution in [0.25, 0.3) is 0 Å². The third kappa shape index (κ3) is 3.81. The molecule has 5 heteroatoms. The number of nitrogens with zero attached hydrogens (tertiary/aromatic N) is 1. The highest BCUT2D eigenvalue weighted by molar-refractivity contribution is 6.39. The van der Waals surface area contributed by atoms with Crippen LogP contribution in [0.5, 0.6) is 0 Å². The first-order valence-electron chi connectivity index (χ1n) is 6.20. The van der Waals surface area contributed by atoms with Crippen molar-refractivity contribution in [1.82, 2.24) is 5.32 Å². The second-order valence-electron chi connectivity index (χ2n) is 3.95. The molecular formula is C14H17N3O2. The molecule has 0 aromatic heterocycles. The van der Waals surface area contributed by atoms with E-state index in [0.29, 0.717) is 5.69 Å². The van der Waals surface area contributed by atoms with Crippen molar-refractivity contribution in [2.24, 2.45) is 0 Å². The van der Waals surface area contributed by atoms with Crippen LogP contribution in [-0.4, -0.2) is 18.4 Å². The summed E-state index contributed by atoms with van der Waals surface area (Å²) in [5, 5.41) is 13.2. The number of benzene rings is 1. The maximum absolute atomic E-state index is 11.7. The quantitative estimate of drug-likeness (QED) is 0.633. The van der Waals surface area contributed by atoms with E-state index in [0.717, 1.165) is 24.0 Å². The minimum Gasteiger partial charge on any atom is -0.335 e. The van der Waals surface area contributed by atoms with Gasteiger partial charge in [-0.15, -0.1) is 0 Å². The number of carbonyl (C=O) groups excluding carboxylic acids is 2. The number of nitrogens with one attached hydrogen (secondary N) is 2. The van der Waals surface area contributed by atoms with Crippen LogP contribution in [0.15, 0.2) is 18.2 Å². The molecule has 0 heterocycles. The minimum atomic E-state index is -0.797. The van der Waals surface area contributed by atoms with E-state index in [-0.39, 0.29) is 6.54 Å². The van der Waals surface area contributed by atoms with Crippen LogP contribution >= 0.6 is 0 Å². The van der Waals surface area contributed by atoms with E-state index >= 15 is 0 Å². The minimum absolute atomic E-state index is 0.178. The molecule has 0 atom stereocenters. The largest absolute Gasteiger partial charge is 0.335 e. The number of rotatable bonds is 4. The van der Waals surface area contributed by atoms with Crippen molar-refractivity contribution in [3.8, 4) is 6.07 Å². The molecule has 1 aromatic carbocycles. The van der Waals surface area contributed by atoms with Crippen LogP contribution in [0, 0.1) is 11.3 Å². The van der Waals surface area contributed by atoms with Crippen molar-refractivity contribution >= 4 is 17.5 Å². The van der Waals surface area contributed by atoms with Crippen molar-refractivity contribution in [3.63, 3.8) is 0 Å². The molecule has 2 amide bonds. The third-order valence-corrected chi connectivity index (χ3v) is 2.77. The normalized spacial score (nSPS) is 9.53. The molecule has 100 valence electrons. The highest BCUT2D eigenvalue weighted by atomic mass is 16.2. The van der Waals surface area contributed by atoms with Gasteiger partial charge in [0.1, 0.15) is 6.54 Å². The summed E-state index contributed by atoms with van der Waals surface area (Å²) in [4.78, 5) is 23.2. The molecular weight excluding hydrogens is 242 g/mol. The second kappa shape index (κ2) is 7.17. The lowest BCUT2D eigenvalue weighted by Crippen LogP contribution is -2.36. The number of anilines is 1. The fraction of sp³-hybridized carbons (Fsp3) is 0.357. The van der Waals surface area contributed by atoms with Gasteiger partial charge in [0.15, 0.2) is 0 Å². The molecule has 5 nitrogen and oxygen atoms in total. The Morgan fingerprint density at radius 1 is 1.16 bits per heavy atom. The molecule has 0 aliphatic rings. The monoisotopic (exact) mass is 259 g/mol. The van der Waals surface area contributed by atoms with Crippen LogP contribution in [0.2, 0.25) is 0 Å². The smallest absolute Gasteiger partial charge is 0.313 e. The van der Waals surface area contributed by atoms with Crippen LogP contribution in [0.3, 0.4) is 0 Å². The maximum Gasteiger partial charge on any atom is 0.313 e. The second-order valence-corrected chi connectivity index (χ2v) is 3.95. The van der Waals surface area contributed by atoms with Gasteiger partial charge in [-0.2, -0.15) is 5.26 Å². The van der Waals surface area contributed by atoms with Crippen LogP contribution in [0.1, 0.15) is 25.0 Å². The van der Waals surface area contributed by atoms with Crippen LogP contribution in [-0.2, 0) is 22.4 Å². The molecule has 0 saturated carbocycles. The first-order valence-corrected chi connectivity index (χ1v) is 6.20. The molecule has 1 aromatic rings. The van der Waals surface area contributed by atoms with Gasteiger partial charge in [-0.3, -0.25) is 9.59 Å². The van der Waals surface area contributed by atoms with E-state index in [4.69, 9.17) is 5.26 Å². The summed E-state index contributed by atoms with van der Waals surface area (Å²) in [6.07, 6.45) is 1.53. The Morgan fingerprint density at radius 3 is 2.21 bits per heavy atom. The van der Waals surface area contributed by atoms with Gasteiger partial charge in [0.2, 0.25) is 0 Å². The number of aryl methyl sites for hydroxylation is 2. The van der Waals surface area contributed by atoms with Gasteiger partial charge in [0.05, 0.1) is 6.07 Å². The predicted molar refractivity (Wildman–Crippen MR) is 72.5 cm³/mol. The van der Waals surface area contributed by atoms with Crippen LogP contribution < -0.4 is 10.6 Å². The topological polar surface area (TPSA) is 82.0 Å². The van der Waals surface area contributed by atoms with Gasteiger partial charge in [-0.25, -0.2) is 0 Å². The standard InChI is InChI=1S/C14H17N3O2/c1-3-10-6-5-7-11(4-2)12(10)17-14(19)13(18)16-9-8-15/h5-7H,3-4,9H2,1-2H3,(H,16,18)(H,17,19). The maximum atomic E-state index is 11.7. The van der Waals surface area contributed by atoms with Gasteiger partial charge >= 0.3 is 11.8 Å². The Morgan fingerprint density at radius 2 is 1.74 bits per heavy atom. The Kier molecular flexibility index (Phi) is 5.55. The molecule has 0 aliphatic carbocycles. The zero-order valence-corrected chi connectivity index (χ0v) is 11.1. The summed E-state index contributed by atoms with van der Waals surface area (Å²) >= 11 is 0. The zero-order chi connectivity index (χ0) is 14.3. The highest BCUT2D eigenvalue weighted by Gasteiger charge is 2.16. The number of hydrogen-bond donors (Lipinski definition) is 2. The van der Waals surface area contributed by atoms with Crippen molar-refractivity contribution in [3.05, 3.63) is 29.3 Å². The fourth-order valence-electron chi connectivity index (χ4n) is 1.77. The van der Waals surface area contributed by atoms with Gasteiger partial charge in [-0.05, 0) is 24.0 Å². The highest BCUT2D eigenvalue weighted by Crippen LogP contribution is 2.22. The Balaban J connectivity index is 2.89. The lowest BCUT2D eigenvalue weighted by molar-refractivity contribution is -0.136. The van der Waals surface area contributed by atoms with Gasteiger partial charge < -0.3 is 10.6 Å². The number of amides is 2. The number of para-hydroxylation sites is 1. The predicted octanol–water partition coefficient (Wildman–Crippen LogP) is 1.39. The van der Waals surface area contributed by atoms with Crippen molar-refractivity contribution < 1.29 is 9.59 Å². The molecule has 0 fully saturated rings. The number of nitriles is 1. The number of hydrogen-bond acceptors (Lipinski definition) is 3. The lowest BCUT2D eigenvalue weighted by atomic mass is 10.0. The lowest BCUT2D eigenvalue weighted by Gasteiger charge is -2.13. The third-order valence-electron chi connectivity index (χ3n) is 2.77. The van der Waals surface area contributed by atoms with Crippen molar-refractivity contribution in [2.75, 3.05) is 11.9 Å². The summed E-state index contributed by atoms with van der Waals surface area (Å²) in [6.45, 7) is 3.79. The number of carbonyl (C=O) groups is 2. The van der Waals surface area contributed by atoms with Gasteiger partial charge in [-0.1, -0.05) is 32.0 Å². The zero-order valence-electron chi connectivity index (χ0n) is 11.1. The molecule has 0 bridgehead atoms. The molecule has 1 rings (SSSR count). The van der Waals surface area contributed by atoms with E-state index in [1.165, 1.54) is 0 Å². The molecule has 19 heavy (non-hydrogen) atoms. The summed E-state index contributed by atoms with van der Waals surface area (Å²) in [5.41, 5.74) is 2.67. The molecule has 2 N–H and O–H groups in total. The molecule has 0 aliphatic heterocycles. The van der Waals surface area contributed by atoms with E-state index in [1.54, 1.807) is 6.07 Å². The Hall–Kier alpha value is -2.35. The molecule has 0 spiro atoms. The molecule has 0 radical (unpaired) electrons. The average Bonchev–Trinajstić information content (AvgIpc) is 2.44. The van der Waals surface area contributed by atoms with Gasteiger partial charge in [0.25, 0.3) is 0 Å². The average molecular weight is 259 g/mol. The van der Waals surface area contributed by atoms with E-state index < -0.39 is 11.8 Å². The summed E-state index contributed by atoms with van der Waals surface area (Å²) in [5.74, 6) is -1.54. The fourth-order valence-corrected chi connectivity index (χ4v) is 1.77. The Labute approximate surface area is 112 Å². The van der Waals surface area contributed by atoms with Crippen LogP contribution in [0.4, 0.5) is 5.69 Å². The summed E-state index contributed by atoms with van der Waals surface area (Å²) in [6, 6.07) is 7.52. The SMILES string of the molecule is CCc1cccc(CC)c1NC(=O)C(=O)NCC#N. The van der Waals surface area contributed by atoms with Crippen molar-refractivity contribution in [2.45, 2.75) is 26.7 Å². The molecule has 0 saturated heterocycles. The summed E-state index contributed by atoms with van der Waals surface area (Å²) in [7, 11) is 0. The van der Waals surface area contributed by atoms with E-state index in [1.807, 2.05) is 32.0 Å². The Bertz CT molecular complexity index is 496. The van der Waals surface area contributed by atoms with E-state index in [2.05, 4.69) is 10.6 Å².